The van der Waals surface area contributed by atoms with E-state index in [2.05, 4.69) is 10.9 Å². The van der Waals surface area contributed by atoms with E-state index in [9.17, 15) is 9.59 Å². The van der Waals surface area contributed by atoms with Crippen LogP contribution in [0.2, 0.25) is 0 Å². The fraction of sp³-hybridized carbons (Fsp3) is 0.250. The number of aromatic carboxylic acids is 1. The predicted molar refractivity (Wildman–Crippen MR) is 61.7 cm³/mol. The number of aryl methyl sites for hydroxylation is 1. The van der Waals surface area contributed by atoms with E-state index in [0.29, 0.717) is 5.69 Å². The third-order valence-electron chi connectivity index (χ3n) is 2.21. The first-order chi connectivity index (χ1) is 7.97. The van der Waals surface area contributed by atoms with Crippen LogP contribution < -0.4 is 0 Å². The highest BCUT2D eigenvalue weighted by atomic mass is 16.4. The van der Waals surface area contributed by atoms with Crippen LogP contribution in [0.1, 0.15) is 26.5 Å². The van der Waals surface area contributed by atoms with Gasteiger partial charge in [0.25, 0.3) is 5.91 Å². The molecule has 1 heterocycles. The van der Waals surface area contributed by atoms with Gasteiger partial charge in [0, 0.05) is 7.05 Å². The van der Waals surface area contributed by atoms with Crippen LogP contribution in [0.5, 0.6) is 0 Å². The number of rotatable bonds is 3. The molecule has 0 spiro atoms. The summed E-state index contributed by atoms with van der Waals surface area (Å²) < 4.78 is 0. The molecule has 0 saturated heterocycles. The zero-order chi connectivity index (χ0) is 13.0. The summed E-state index contributed by atoms with van der Waals surface area (Å²) in [5, 5.41) is 8.83. The molecular weight excluding hydrogens is 220 g/mol. The van der Waals surface area contributed by atoms with Crippen molar-refractivity contribution in [3.8, 4) is 12.3 Å². The second-order valence-corrected chi connectivity index (χ2v) is 3.50. The lowest BCUT2D eigenvalue weighted by atomic mass is 10.2. The van der Waals surface area contributed by atoms with Crippen LogP contribution in [-0.2, 0) is 0 Å². The molecule has 1 aromatic rings. The van der Waals surface area contributed by atoms with Crippen molar-refractivity contribution in [3.63, 3.8) is 0 Å². The van der Waals surface area contributed by atoms with Crippen molar-refractivity contribution in [2.45, 2.75) is 6.92 Å². The number of hydrogen-bond donors (Lipinski definition) is 1. The average Bonchev–Trinajstić information content (AvgIpc) is 2.27. The van der Waals surface area contributed by atoms with Crippen molar-refractivity contribution in [3.05, 3.63) is 29.1 Å². The summed E-state index contributed by atoms with van der Waals surface area (Å²) in [7, 11) is 1.56. The van der Waals surface area contributed by atoms with E-state index in [4.69, 9.17) is 11.5 Å². The number of terminal acetylenes is 1. The summed E-state index contributed by atoms with van der Waals surface area (Å²) >= 11 is 0. The normalized spacial score (nSPS) is 9.47. The van der Waals surface area contributed by atoms with E-state index < -0.39 is 5.97 Å². The molecule has 5 heteroatoms. The summed E-state index contributed by atoms with van der Waals surface area (Å²) in [5.74, 6) is 0.951. The van der Waals surface area contributed by atoms with Crippen LogP contribution in [0.3, 0.4) is 0 Å². The van der Waals surface area contributed by atoms with Gasteiger partial charge in [0.1, 0.15) is 5.69 Å². The Morgan fingerprint density at radius 3 is 2.65 bits per heavy atom. The Morgan fingerprint density at radius 1 is 1.53 bits per heavy atom. The van der Waals surface area contributed by atoms with Gasteiger partial charge in [-0.2, -0.15) is 0 Å². The van der Waals surface area contributed by atoms with Gasteiger partial charge in [0.05, 0.1) is 17.8 Å². The van der Waals surface area contributed by atoms with Gasteiger partial charge in [-0.1, -0.05) is 5.92 Å². The minimum atomic E-state index is -1.06. The van der Waals surface area contributed by atoms with E-state index in [1.54, 1.807) is 14.0 Å². The van der Waals surface area contributed by atoms with E-state index in [0.717, 1.165) is 0 Å². The summed E-state index contributed by atoms with van der Waals surface area (Å²) in [6, 6.07) is 2.74. The second-order valence-electron chi connectivity index (χ2n) is 3.50. The Kier molecular flexibility index (Phi) is 3.83. The van der Waals surface area contributed by atoms with Gasteiger partial charge in [-0.3, -0.25) is 4.79 Å². The SMILES string of the molecule is C#CCN(C)C(=O)c1ccc(C(=O)O)c(C)n1. The molecule has 0 saturated carbocycles. The molecule has 0 unspecified atom stereocenters. The molecule has 0 aliphatic heterocycles. The van der Waals surface area contributed by atoms with Crippen molar-refractivity contribution in [1.82, 2.24) is 9.88 Å². The molecule has 0 aliphatic carbocycles. The Balaban J connectivity index is 3.02. The van der Waals surface area contributed by atoms with Crippen molar-refractivity contribution in [2.24, 2.45) is 0 Å². The highest BCUT2D eigenvalue weighted by molar-refractivity contribution is 5.94. The molecule has 1 rings (SSSR count). The Morgan fingerprint density at radius 2 is 2.18 bits per heavy atom. The van der Waals surface area contributed by atoms with Crippen molar-refractivity contribution >= 4 is 11.9 Å². The van der Waals surface area contributed by atoms with Crippen molar-refractivity contribution in [1.29, 1.82) is 0 Å². The zero-order valence-corrected chi connectivity index (χ0v) is 9.60. The van der Waals surface area contributed by atoms with E-state index >= 15 is 0 Å². The molecule has 1 amide bonds. The molecule has 17 heavy (non-hydrogen) atoms. The largest absolute Gasteiger partial charge is 0.478 e. The maximum absolute atomic E-state index is 11.8. The van der Waals surface area contributed by atoms with Crippen LogP contribution in [-0.4, -0.2) is 40.5 Å². The molecule has 88 valence electrons. The molecule has 0 fully saturated rings. The molecule has 5 nitrogen and oxygen atoms in total. The first-order valence-electron chi connectivity index (χ1n) is 4.87. The van der Waals surface area contributed by atoms with Crippen LogP contribution in [0.4, 0.5) is 0 Å². The van der Waals surface area contributed by atoms with Crippen LogP contribution in [0.25, 0.3) is 0 Å². The fourth-order valence-electron chi connectivity index (χ4n) is 1.31. The number of carbonyl (C=O) groups is 2. The third kappa shape index (κ3) is 2.82. The minimum absolute atomic E-state index is 0.0844. The monoisotopic (exact) mass is 232 g/mol. The standard InChI is InChI=1S/C12H12N2O3/c1-4-7-14(3)11(15)10-6-5-9(12(16)17)8(2)13-10/h1,5-6H,7H2,2-3H3,(H,16,17). The Hall–Kier alpha value is -2.35. The molecule has 0 aliphatic rings. The quantitative estimate of drug-likeness (QED) is 0.782. The van der Waals surface area contributed by atoms with E-state index in [1.807, 2.05) is 0 Å². The fourth-order valence-corrected chi connectivity index (χ4v) is 1.31. The third-order valence-corrected chi connectivity index (χ3v) is 2.21. The highest BCUT2D eigenvalue weighted by Gasteiger charge is 2.15. The van der Waals surface area contributed by atoms with Gasteiger partial charge in [0.15, 0.2) is 0 Å². The molecule has 0 bridgehead atoms. The summed E-state index contributed by atoms with van der Waals surface area (Å²) in [6.07, 6.45) is 5.10. The summed E-state index contributed by atoms with van der Waals surface area (Å²) in [5.41, 5.74) is 0.573. The van der Waals surface area contributed by atoms with Crippen LogP contribution in [0.15, 0.2) is 12.1 Å². The smallest absolute Gasteiger partial charge is 0.337 e. The summed E-state index contributed by atoms with van der Waals surface area (Å²) in [4.78, 5) is 27.9. The van der Waals surface area contributed by atoms with E-state index in [-0.39, 0.29) is 23.7 Å². The van der Waals surface area contributed by atoms with Gasteiger partial charge < -0.3 is 10.0 Å². The highest BCUT2D eigenvalue weighted by Crippen LogP contribution is 2.08. The molecule has 1 N–H and O–H groups in total. The number of carboxylic acids is 1. The maximum Gasteiger partial charge on any atom is 0.337 e. The number of hydrogen-bond acceptors (Lipinski definition) is 3. The number of amides is 1. The number of carboxylic acid groups (broad SMARTS) is 1. The number of carbonyl (C=O) groups excluding carboxylic acids is 1. The van der Waals surface area contributed by atoms with Gasteiger partial charge in [0.2, 0.25) is 0 Å². The number of nitrogens with zero attached hydrogens (tertiary/aromatic N) is 2. The first kappa shape index (κ1) is 12.7. The minimum Gasteiger partial charge on any atom is -0.478 e. The second kappa shape index (κ2) is 5.12. The maximum atomic E-state index is 11.8. The lowest BCUT2D eigenvalue weighted by Gasteiger charge is -2.13. The zero-order valence-electron chi connectivity index (χ0n) is 9.60. The van der Waals surface area contributed by atoms with E-state index in [1.165, 1.54) is 17.0 Å². The van der Waals surface area contributed by atoms with Gasteiger partial charge in [-0.25, -0.2) is 9.78 Å². The number of pyridine rings is 1. The lowest BCUT2D eigenvalue weighted by molar-refractivity contribution is 0.0693. The Labute approximate surface area is 99.1 Å². The molecule has 0 atom stereocenters. The van der Waals surface area contributed by atoms with Gasteiger partial charge in [-0.15, -0.1) is 6.42 Å². The summed E-state index contributed by atoms with van der Waals surface area (Å²) in [6.45, 7) is 1.72. The first-order valence-corrected chi connectivity index (χ1v) is 4.87. The lowest BCUT2D eigenvalue weighted by Crippen LogP contribution is -2.28. The molecule has 0 radical (unpaired) electrons. The molecular formula is C12H12N2O3. The topological polar surface area (TPSA) is 70.5 Å². The van der Waals surface area contributed by atoms with Gasteiger partial charge in [-0.05, 0) is 19.1 Å². The van der Waals surface area contributed by atoms with Crippen molar-refractivity contribution in [2.75, 3.05) is 13.6 Å². The Bertz CT molecular complexity index is 503. The van der Waals surface area contributed by atoms with Crippen LogP contribution in [0, 0.1) is 19.3 Å². The van der Waals surface area contributed by atoms with Gasteiger partial charge >= 0.3 is 5.97 Å². The number of aromatic nitrogens is 1. The van der Waals surface area contributed by atoms with Crippen LogP contribution >= 0.6 is 0 Å². The molecule has 0 aromatic carbocycles. The predicted octanol–water partition coefficient (Wildman–Crippen LogP) is 0.793. The molecule has 1 aromatic heterocycles. The van der Waals surface area contributed by atoms with Crippen molar-refractivity contribution < 1.29 is 14.7 Å². The average molecular weight is 232 g/mol.